The van der Waals surface area contributed by atoms with Crippen LogP contribution in [0.25, 0.3) is 0 Å². The number of piperazine rings is 1. The number of benzene rings is 2. The van der Waals surface area contributed by atoms with Gasteiger partial charge in [-0.25, -0.2) is 8.42 Å². The molecule has 1 saturated heterocycles. The Bertz CT molecular complexity index is 925. The van der Waals surface area contributed by atoms with Crippen molar-refractivity contribution in [3.05, 3.63) is 59.1 Å². The molecule has 2 aromatic carbocycles. The van der Waals surface area contributed by atoms with Gasteiger partial charge in [0, 0.05) is 49.0 Å². The number of anilines is 1. The van der Waals surface area contributed by atoms with Gasteiger partial charge >= 0.3 is 0 Å². The first-order valence-corrected chi connectivity index (χ1v) is 11.3. The molecule has 1 fully saturated rings. The van der Waals surface area contributed by atoms with Crippen LogP contribution in [0.4, 0.5) is 5.69 Å². The molecule has 29 heavy (non-hydrogen) atoms. The van der Waals surface area contributed by atoms with Crippen molar-refractivity contribution in [3.63, 3.8) is 0 Å². The summed E-state index contributed by atoms with van der Waals surface area (Å²) in [4.78, 5) is 14.3. The minimum absolute atomic E-state index is 0.0601. The van der Waals surface area contributed by atoms with E-state index >= 15 is 0 Å². The number of nitrogens with one attached hydrogen (secondary N) is 1. The molecule has 156 valence electrons. The number of hydrogen-bond acceptors (Lipinski definition) is 5. The van der Waals surface area contributed by atoms with Gasteiger partial charge in [-0.15, -0.1) is 0 Å². The Labute approximate surface area is 176 Å². The summed E-state index contributed by atoms with van der Waals surface area (Å²) >= 11 is 5.92. The van der Waals surface area contributed by atoms with E-state index in [1.54, 1.807) is 31.4 Å². The number of carbonyl (C=O) groups excluding carboxylic acids is 1. The molecular formula is C20H24ClN3O4S. The predicted octanol–water partition coefficient (Wildman–Crippen LogP) is 2.23. The van der Waals surface area contributed by atoms with Crippen molar-refractivity contribution in [2.24, 2.45) is 0 Å². The Hall–Kier alpha value is -2.29. The zero-order valence-corrected chi connectivity index (χ0v) is 17.7. The summed E-state index contributed by atoms with van der Waals surface area (Å²) in [5.41, 5.74) is 1.48. The van der Waals surface area contributed by atoms with Crippen LogP contribution in [-0.2, 0) is 10.0 Å². The fourth-order valence-corrected chi connectivity index (χ4v) is 4.61. The number of carbonyl (C=O) groups is 1. The van der Waals surface area contributed by atoms with Crippen molar-refractivity contribution < 1.29 is 17.9 Å². The second-order valence-electron chi connectivity index (χ2n) is 6.66. The van der Waals surface area contributed by atoms with Crippen molar-refractivity contribution in [2.75, 3.05) is 50.5 Å². The highest BCUT2D eigenvalue weighted by Gasteiger charge is 2.26. The van der Waals surface area contributed by atoms with Crippen LogP contribution >= 0.6 is 11.6 Å². The van der Waals surface area contributed by atoms with Gasteiger partial charge in [-0.05, 0) is 48.5 Å². The SMILES string of the molecule is COc1ccc(C(=O)NCCS(=O)(=O)N2CCN(c3ccc(Cl)cc3)CC2)cc1. The molecule has 0 spiro atoms. The molecule has 1 aliphatic rings. The normalized spacial score (nSPS) is 15.2. The lowest BCUT2D eigenvalue weighted by molar-refractivity contribution is 0.0956. The summed E-state index contributed by atoms with van der Waals surface area (Å²) < 4.78 is 31.7. The molecule has 0 unspecified atom stereocenters. The predicted molar refractivity (Wildman–Crippen MR) is 114 cm³/mol. The first-order valence-electron chi connectivity index (χ1n) is 9.29. The van der Waals surface area contributed by atoms with Crippen molar-refractivity contribution >= 4 is 33.2 Å². The van der Waals surface area contributed by atoms with E-state index in [2.05, 4.69) is 10.2 Å². The van der Waals surface area contributed by atoms with Gasteiger partial charge in [0.1, 0.15) is 5.75 Å². The number of halogens is 1. The van der Waals surface area contributed by atoms with Gasteiger partial charge in [0.2, 0.25) is 10.0 Å². The van der Waals surface area contributed by atoms with E-state index in [-0.39, 0.29) is 18.2 Å². The third kappa shape index (κ3) is 5.62. The number of ether oxygens (including phenoxy) is 1. The van der Waals surface area contributed by atoms with Gasteiger partial charge in [-0.1, -0.05) is 11.6 Å². The summed E-state index contributed by atoms with van der Waals surface area (Å²) in [5.74, 6) is 0.216. The Balaban J connectivity index is 1.47. The molecule has 0 bridgehead atoms. The molecule has 0 aromatic heterocycles. The molecule has 1 aliphatic heterocycles. The monoisotopic (exact) mass is 437 g/mol. The molecule has 7 nitrogen and oxygen atoms in total. The number of amides is 1. The van der Waals surface area contributed by atoms with Crippen molar-refractivity contribution in [2.45, 2.75) is 0 Å². The lowest BCUT2D eigenvalue weighted by atomic mass is 10.2. The average molecular weight is 438 g/mol. The Morgan fingerprint density at radius 1 is 1.03 bits per heavy atom. The number of rotatable bonds is 7. The molecule has 2 aromatic rings. The summed E-state index contributed by atoms with van der Waals surface area (Å²) in [6, 6.07) is 14.2. The van der Waals surface area contributed by atoms with Crippen LogP contribution < -0.4 is 15.0 Å². The molecule has 9 heteroatoms. The minimum atomic E-state index is -3.43. The van der Waals surface area contributed by atoms with Crippen LogP contribution in [0.1, 0.15) is 10.4 Å². The lowest BCUT2D eigenvalue weighted by Crippen LogP contribution is -2.50. The first kappa shape index (κ1) is 21.4. The van der Waals surface area contributed by atoms with Gasteiger partial charge in [0.05, 0.1) is 12.9 Å². The van der Waals surface area contributed by atoms with Crippen LogP contribution in [0.5, 0.6) is 5.75 Å². The quantitative estimate of drug-likeness (QED) is 0.718. The molecular weight excluding hydrogens is 414 g/mol. The smallest absolute Gasteiger partial charge is 0.251 e. The minimum Gasteiger partial charge on any atom is -0.497 e. The zero-order valence-electron chi connectivity index (χ0n) is 16.2. The molecule has 0 aliphatic carbocycles. The fourth-order valence-electron chi connectivity index (χ4n) is 3.14. The van der Waals surface area contributed by atoms with Gasteiger partial charge in [-0.3, -0.25) is 4.79 Å². The number of hydrogen-bond donors (Lipinski definition) is 1. The summed E-state index contributed by atoms with van der Waals surface area (Å²) in [6.07, 6.45) is 0. The standard InChI is InChI=1S/C20H24ClN3O4S/c1-28-19-8-2-16(3-9-19)20(25)22-10-15-29(26,27)24-13-11-23(12-14-24)18-6-4-17(21)5-7-18/h2-9H,10-15H2,1H3,(H,22,25). The number of nitrogens with zero attached hydrogens (tertiary/aromatic N) is 2. The lowest BCUT2D eigenvalue weighted by Gasteiger charge is -2.35. The van der Waals surface area contributed by atoms with Crippen LogP contribution in [-0.4, -0.2) is 64.2 Å². The first-order chi connectivity index (χ1) is 13.9. The van der Waals surface area contributed by atoms with Gasteiger partial charge in [0.15, 0.2) is 0 Å². The fraction of sp³-hybridized carbons (Fsp3) is 0.350. The maximum atomic E-state index is 12.6. The Morgan fingerprint density at radius 3 is 2.24 bits per heavy atom. The van der Waals surface area contributed by atoms with Crippen LogP contribution in [0.15, 0.2) is 48.5 Å². The molecule has 3 rings (SSSR count). The third-order valence-electron chi connectivity index (χ3n) is 4.82. The van der Waals surface area contributed by atoms with E-state index in [0.29, 0.717) is 42.5 Å². The zero-order chi connectivity index (χ0) is 20.9. The second-order valence-corrected chi connectivity index (χ2v) is 9.19. The molecule has 0 radical (unpaired) electrons. The summed E-state index contributed by atoms with van der Waals surface area (Å²) in [6.45, 7) is 2.11. The number of sulfonamides is 1. The van der Waals surface area contributed by atoms with E-state index in [4.69, 9.17) is 16.3 Å². The number of methoxy groups -OCH3 is 1. The van der Waals surface area contributed by atoms with Crippen molar-refractivity contribution in [3.8, 4) is 5.75 Å². The Morgan fingerprint density at radius 2 is 1.66 bits per heavy atom. The van der Waals surface area contributed by atoms with E-state index in [0.717, 1.165) is 5.69 Å². The van der Waals surface area contributed by atoms with E-state index in [1.807, 2.05) is 24.3 Å². The topological polar surface area (TPSA) is 78.9 Å². The summed E-state index contributed by atoms with van der Waals surface area (Å²) in [7, 11) is -1.88. The molecule has 0 atom stereocenters. The highest BCUT2D eigenvalue weighted by atomic mass is 35.5. The molecule has 1 amide bonds. The summed E-state index contributed by atoms with van der Waals surface area (Å²) in [5, 5.41) is 3.34. The third-order valence-corrected chi connectivity index (χ3v) is 6.95. The largest absolute Gasteiger partial charge is 0.497 e. The Kier molecular flexibility index (Phi) is 7.00. The highest BCUT2D eigenvalue weighted by molar-refractivity contribution is 7.89. The molecule has 1 heterocycles. The van der Waals surface area contributed by atoms with E-state index in [9.17, 15) is 13.2 Å². The van der Waals surface area contributed by atoms with E-state index < -0.39 is 10.0 Å². The van der Waals surface area contributed by atoms with Crippen molar-refractivity contribution in [1.82, 2.24) is 9.62 Å². The second kappa shape index (κ2) is 9.47. The van der Waals surface area contributed by atoms with Gasteiger partial charge in [-0.2, -0.15) is 4.31 Å². The van der Waals surface area contributed by atoms with Crippen LogP contribution in [0, 0.1) is 0 Å². The maximum Gasteiger partial charge on any atom is 0.251 e. The van der Waals surface area contributed by atoms with Crippen LogP contribution in [0.3, 0.4) is 0 Å². The highest BCUT2D eigenvalue weighted by Crippen LogP contribution is 2.20. The molecule has 0 saturated carbocycles. The van der Waals surface area contributed by atoms with Crippen molar-refractivity contribution in [1.29, 1.82) is 0 Å². The van der Waals surface area contributed by atoms with Gasteiger partial charge < -0.3 is 15.0 Å². The van der Waals surface area contributed by atoms with Gasteiger partial charge in [0.25, 0.3) is 5.91 Å². The van der Waals surface area contributed by atoms with Crippen LogP contribution in [0.2, 0.25) is 5.02 Å². The maximum absolute atomic E-state index is 12.6. The molecule has 1 N–H and O–H groups in total. The van der Waals surface area contributed by atoms with E-state index in [1.165, 1.54) is 4.31 Å². The average Bonchev–Trinajstić information content (AvgIpc) is 2.74.